The van der Waals surface area contributed by atoms with E-state index in [1.165, 1.54) is 11.8 Å². The zero-order valence-corrected chi connectivity index (χ0v) is 11.6. The predicted molar refractivity (Wildman–Crippen MR) is 71.4 cm³/mol. The van der Waals surface area contributed by atoms with Gasteiger partial charge in [0.25, 0.3) is 0 Å². The van der Waals surface area contributed by atoms with Crippen LogP contribution in [0.3, 0.4) is 0 Å². The smallest absolute Gasteiger partial charge is 0.336 e. The summed E-state index contributed by atoms with van der Waals surface area (Å²) in [4.78, 5) is 26.5. The van der Waals surface area contributed by atoms with E-state index < -0.39 is 6.03 Å². The van der Waals surface area contributed by atoms with E-state index >= 15 is 0 Å². The minimum atomic E-state index is -0.464. The highest BCUT2D eigenvalue weighted by Crippen LogP contribution is 1.96. The van der Waals surface area contributed by atoms with E-state index in [1.54, 1.807) is 6.26 Å². The average molecular weight is 260 g/mol. The molecule has 0 bridgehead atoms. The molecule has 0 aliphatic rings. The molecular formula is C10H20N4O2S. The quantitative estimate of drug-likeness (QED) is 0.520. The van der Waals surface area contributed by atoms with Crippen molar-refractivity contribution >= 4 is 29.0 Å². The van der Waals surface area contributed by atoms with Gasteiger partial charge in [0.05, 0.1) is 0 Å². The Morgan fingerprint density at radius 2 is 1.59 bits per heavy atom. The highest BCUT2D eigenvalue weighted by molar-refractivity contribution is 8.13. The van der Waals surface area contributed by atoms with Gasteiger partial charge in [0, 0.05) is 12.1 Å². The molecule has 17 heavy (non-hydrogen) atoms. The lowest BCUT2D eigenvalue weighted by Gasteiger charge is -2.11. The molecule has 0 fully saturated rings. The zero-order valence-electron chi connectivity index (χ0n) is 10.8. The monoisotopic (exact) mass is 260 g/mol. The molecule has 0 aromatic carbocycles. The van der Waals surface area contributed by atoms with Crippen molar-refractivity contribution in [2.45, 2.75) is 39.8 Å². The maximum absolute atomic E-state index is 11.4. The van der Waals surface area contributed by atoms with Gasteiger partial charge >= 0.3 is 12.1 Å². The van der Waals surface area contributed by atoms with Gasteiger partial charge in [-0.15, -0.1) is 0 Å². The summed E-state index contributed by atoms with van der Waals surface area (Å²) >= 11 is 1.20. The minimum Gasteiger partial charge on any atom is -0.336 e. The van der Waals surface area contributed by atoms with Gasteiger partial charge in [-0.3, -0.25) is 5.32 Å². The van der Waals surface area contributed by atoms with Crippen LogP contribution in [0.25, 0.3) is 0 Å². The molecule has 98 valence electrons. The van der Waals surface area contributed by atoms with E-state index in [-0.39, 0.29) is 23.3 Å². The topological polar surface area (TPSA) is 82.6 Å². The number of rotatable bonds is 2. The summed E-state index contributed by atoms with van der Waals surface area (Å²) in [5.41, 5.74) is 0. The van der Waals surface area contributed by atoms with Crippen LogP contribution in [-0.2, 0) is 0 Å². The van der Waals surface area contributed by atoms with Crippen LogP contribution < -0.4 is 16.0 Å². The third-order valence-corrected chi connectivity index (χ3v) is 2.03. The molecule has 0 unspecified atom stereocenters. The Balaban J connectivity index is 4.36. The van der Waals surface area contributed by atoms with Gasteiger partial charge in [-0.1, -0.05) is 11.8 Å². The first-order chi connectivity index (χ1) is 7.85. The van der Waals surface area contributed by atoms with Gasteiger partial charge < -0.3 is 10.6 Å². The second-order valence-electron chi connectivity index (χ2n) is 3.98. The first-order valence-corrected chi connectivity index (χ1v) is 6.58. The number of carbonyl (C=O) groups is 2. The number of urea groups is 2. The maximum atomic E-state index is 11.4. The fraction of sp³-hybridized carbons (Fsp3) is 0.700. The van der Waals surface area contributed by atoms with Crippen molar-refractivity contribution in [1.82, 2.24) is 16.0 Å². The summed E-state index contributed by atoms with van der Waals surface area (Å²) in [6.07, 6.45) is 1.73. The molecule has 7 heteroatoms. The number of nitrogens with one attached hydrogen (secondary N) is 3. The highest BCUT2D eigenvalue weighted by atomic mass is 32.2. The SMILES string of the molecule is CSC(=NC(=O)NC(C)C)NC(=O)NC(C)C. The lowest BCUT2D eigenvalue weighted by molar-refractivity contribution is 0.243. The Morgan fingerprint density at radius 3 is 2.00 bits per heavy atom. The number of amidine groups is 1. The highest BCUT2D eigenvalue weighted by Gasteiger charge is 2.08. The van der Waals surface area contributed by atoms with Crippen molar-refractivity contribution < 1.29 is 9.59 Å². The van der Waals surface area contributed by atoms with Crippen molar-refractivity contribution in [2.75, 3.05) is 6.26 Å². The summed E-state index contributed by atoms with van der Waals surface area (Å²) in [6, 6.07) is -0.791. The largest absolute Gasteiger partial charge is 0.343 e. The van der Waals surface area contributed by atoms with E-state index in [2.05, 4.69) is 20.9 Å². The molecule has 4 amide bonds. The second-order valence-corrected chi connectivity index (χ2v) is 4.77. The van der Waals surface area contributed by atoms with Crippen LogP contribution in [0, 0.1) is 0 Å². The molecule has 0 aromatic rings. The lowest BCUT2D eigenvalue weighted by atomic mass is 10.4. The van der Waals surface area contributed by atoms with Gasteiger partial charge in [0.15, 0.2) is 5.17 Å². The van der Waals surface area contributed by atoms with Crippen molar-refractivity contribution in [3.05, 3.63) is 0 Å². The van der Waals surface area contributed by atoms with Crippen LogP contribution in [0.5, 0.6) is 0 Å². The van der Waals surface area contributed by atoms with Crippen LogP contribution in [0.15, 0.2) is 4.99 Å². The first-order valence-electron chi connectivity index (χ1n) is 5.35. The second kappa shape index (κ2) is 7.94. The molecule has 0 saturated carbocycles. The number of nitrogens with zero attached hydrogens (tertiary/aromatic N) is 1. The summed E-state index contributed by atoms with van der Waals surface area (Å²) in [7, 11) is 0. The third-order valence-electron chi connectivity index (χ3n) is 1.45. The fourth-order valence-corrected chi connectivity index (χ4v) is 1.26. The molecule has 0 aliphatic carbocycles. The molecule has 0 rings (SSSR count). The van der Waals surface area contributed by atoms with E-state index in [9.17, 15) is 9.59 Å². The van der Waals surface area contributed by atoms with E-state index in [0.717, 1.165) is 0 Å². The zero-order chi connectivity index (χ0) is 13.4. The summed E-state index contributed by atoms with van der Waals surface area (Å²) in [6.45, 7) is 7.37. The number of amides is 4. The van der Waals surface area contributed by atoms with E-state index in [4.69, 9.17) is 0 Å². The average Bonchev–Trinajstić information content (AvgIpc) is 2.13. The third kappa shape index (κ3) is 8.56. The number of carbonyl (C=O) groups excluding carboxylic acids is 2. The summed E-state index contributed by atoms with van der Waals surface area (Å²) in [5, 5.41) is 8.03. The van der Waals surface area contributed by atoms with Crippen molar-refractivity contribution in [3.63, 3.8) is 0 Å². The van der Waals surface area contributed by atoms with Crippen molar-refractivity contribution in [1.29, 1.82) is 0 Å². The molecule has 0 spiro atoms. The van der Waals surface area contributed by atoms with Crippen LogP contribution in [-0.4, -0.2) is 35.6 Å². The molecular weight excluding hydrogens is 240 g/mol. The summed E-state index contributed by atoms with van der Waals surface area (Å²) in [5.74, 6) is 0. The molecule has 0 saturated heterocycles. The van der Waals surface area contributed by atoms with Crippen LogP contribution in [0.1, 0.15) is 27.7 Å². The number of thioether (sulfide) groups is 1. The van der Waals surface area contributed by atoms with Crippen LogP contribution in [0.4, 0.5) is 9.59 Å². The standard InChI is InChI=1S/C10H20N4O2S/c1-6(2)11-8(15)13-10(17-5)14-9(16)12-7(3)4/h6-7H,1-5H3,(H3,11,12,13,14,15,16). The van der Waals surface area contributed by atoms with Crippen molar-refractivity contribution in [2.24, 2.45) is 4.99 Å². The lowest BCUT2D eigenvalue weighted by Crippen LogP contribution is -2.42. The molecule has 0 aromatic heterocycles. The van der Waals surface area contributed by atoms with E-state index in [0.29, 0.717) is 0 Å². The summed E-state index contributed by atoms with van der Waals surface area (Å²) < 4.78 is 0. The maximum Gasteiger partial charge on any atom is 0.343 e. The molecule has 0 aliphatic heterocycles. The van der Waals surface area contributed by atoms with Crippen LogP contribution in [0.2, 0.25) is 0 Å². The number of aliphatic imine (C=N–C) groups is 1. The molecule has 0 atom stereocenters. The Kier molecular flexibility index (Phi) is 7.36. The van der Waals surface area contributed by atoms with E-state index in [1.807, 2.05) is 27.7 Å². The van der Waals surface area contributed by atoms with Gasteiger partial charge in [-0.2, -0.15) is 4.99 Å². The van der Waals surface area contributed by atoms with Gasteiger partial charge in [0.1, 0.15) is 0 Å². The fourth-order valence-electron chi connectivity index (χ4n) is 0.891. The first kappa shape index (κ1) is 15.8. The predicted octanol–water partition coefficient (Wildman–Crippen LogP) is 1.53. The Labute approximate surface area is 106 Å². The van der Waals surface area contributed by atoms with Crippen LogP contribution >= 0.6 is 11.8 Å². The minimum absolute atomic E-state index is 0.0128. The van der Waals surface area contributed by atoms with Crippen molar-refractivity contribution in [3.8, 4) is 0 Å². The molecule has 0 radical (unpaired) electrons. The Hall–Kier alpha value is -1.24. The van der Waals surface area contributed by atoms with Gasteiger partial charge in [-0.25, -0.2) is 9.59 Å². The molecule has 6 nitrogen and oxygen atoms in total. The number of hydrogen-bond donors (Lipinski definition) is 3. The van der Waals surface area contributed by atoms with Gasteiger partial charge in [0.2, 0.25) is 0 Å². The van der Waals surface area contributed by atoms with Gasteiger partial charge in [-0.05, 0) is 34.0 Å². The molecule has 3 N–H and O–H groups in total. The number of hydrogen-bond acceptors (Lipinski definition) is 3. The Morgan fingerprint density at radius 1 is 1.06 bits per heavy atom. The Bertz CT molecular complexity index is 303. The molecule has 0 heterocycles. The normalized spacial score (nSPS) is 11.6.